The molecule has 2 aliphatic rings. The molecule has 1 heteroatoms. The molecular weight excluding hydrogens is 88.1 g/mol. The minimum Gasteiger partial charge on any atom is -0.373 e. The molecule has 1 saturated carbocycles. The van der Waals surface area contributed by atoms with Crippen molar-refractivity contribution in [2.45, 2.75) is 32.3 Å². The summed E-state index contributed by atoms with van der Waals surface area (Å²) in [5.41, 5.74) is 0. The molecule has 2 rings (SSSR count). The van der Waals surface area contributed by atoms with E-state index in [0.29, 0.717) is 6.10 Å². The molecule has 0 aromatic rings. The Morgan fingerprint density at radius 1 is 1.29 bits per heavy atom. The molecule has 0 N–H and O–H groups in total. The molecule has 0 aromatic heterocycles. The van der Waals surface area contributed by atoms with Gasteiger partial charge in [0.1, 0.15) is 0 Å². The highest BCUT2D eigenvalue weighted by Gasteiger charge is 2.13. The maximum Gasteiger partial charge on any atom is 0.0781 e. The lowest BCUT2D eigenvalue weighted by molar-refractivity contribution is 0.423. The van der Waals surface area contributed by atoms with Gasteiger partial charge in [-0.1, -0.05) is 19.3 Å². The summed E-state index contributed by atoms with van der Waals surface area (Å²) >= 11 is 0. The quantitative estimate of drug-likeness (QED) is 0.421. The zero-order valence-corrected chi connectivity index (χ0v) is 4.81. The van der Waals surface area contributed by atoms with Gasteiger partial charge in [-0.15, -0.1) is 0 Å². The molecule has 0 aromatic carbocycles. The first-order valence-electron chi connectivity index (χ1n) is 3.01. The van der Waals surface area contributed by atoms with Crippen LogP contribution < -0.4 is 0 Å². The summed E-state index contributed by atoms with van der Waals surface area (Å²) in [6.45, 7) is 3.04. The van der Waals surface area contributed by atoms with Crippen molar-refractivity contribution in [1.82, 2.24) is 0 Å². The van der Waals surface area contributed by atoms with Crippen LogP contribution in [0.2, 0.25) is 0 Å². The number of rotatable bonds is 0. The lowest BCUT2D eigenvalue weighted by Gasteiger charge is -1.50. The van der Waals surface area contributed by atoms with Gasteiger partial charge in [0.05, 0.1) is 12.7 Å². The molecule has 0 amide bonds. The normalized spacial score (nSPS) is 33.0. The third-order valence-electron chi connectivity index (χ3n) is 0.854. The fraction of sp³-hybridized carbons (Fsp3) is 1.00. The van der Waals surface area contributed by atoms with Crippen LogP contribution in [0.5, 0.6) is 0 Å². The monoisotopic (exact) mass is 100 g/mol. The van der Waals surface area contributed by atoms with Crippen LogP contribution in [0.15, 0.2) is 0 Å². The van der Waals surface area contributed by atoms with Gasteiger partial charge in [-0.25, -0.2) is 0 Å². The zero-order valence-electron chi connectivity index (χ0n) is 4.81. The second kappa shape index (κ2) is 2.31. The standard InChI is InChI=1S/C3H6O.C3H6/c1-3-2-4-3;1-2-3-1/h3H,2H2,1H3;1-3H2. The number of hydrogen-bond acceptors (Lipinski definition) is 1. The van der Waals surface area contributed by atoms with E-state index in [-0.39, 0.29) is 0 Å². The van der Waals surface area contributed by atoms with Crippen molar-refractivity contribution < 1.29 is 4.74 Å². The van der Waals surface area contributed by atoms with E-state index in [1.165, 1.54) is 19.3 Å². The number of ether oxygens (including phenoxy) is 1. The van der Waals surface area contributed by atoms with E-state index in [2.05, 4.69) is 6.92 Å². The van der Waals surface area contributed by atoms with Gasteiger partial charge >= 0.3 is 0 Å². The second-order valence-corrected chi connectivity index (χ2v) is 2.20. The van der Waals surface area contributed by atoms with Crippen molar-refractivity contribution in [3.63, 3.8) is 0 Å². The molecule has 1 aliphatic carbocycles. The van der Waals surface area contributed by atoms with Crippen molar-refractivity contribution in [2.75, 3.05) is 6.61 Å². The van der Waals surface area contributed by atoms with Crippen molar-refractivity contribution in [1.29, 1.82) is 0 Å². The molecule has 0 bridgehead atoms. The molecule has 7 heavy (non-hydrogen) atoms. The van der Waals surface area contributed by atoms with Crippen molar-refractivity contribution in [3.05, 3.63) is 0 Å². The Bertz CT molecular complexity index is 43.4. The Hall–Kier alpha value is -0.0400. The highest BCUT2D eigenvalue weighted by Crippen LogP contribution is 2.14. The van der Waals surface area contributed by atoms with Crippen LogP contribution in [0.25, 0.3) is 0 Å². The Morgan fingerprint density at radius 2 is 1.57 bits per heavy atom. The zero-order chi connectivity index (χ0) is 5.11. The third kappa shape index (κ3) is 5.96. The van der Waals surface area contributed by atoms with Crippen LogP contribution in [-0.2, 0) is 4.74 Å². The predicted octanol–water partition coefficient (Wildman–Crippen LogP) is 1.58. The molecule has 1 atom stereocenters. The lowest BCUT2D eigenvalue weighted by atomic mass is 10.6. The van der Waals surface area contributed by atoms with Crippen LogP contribution >= 0.6 is 0 Å². The first-order chi connectivity index (χ1) is 3.39. The maximum absolute atomic E-state index is 4.71. The molecule has 1 heterocycles. The fourth-order valence-corrected chi connectivity index (χ4v) is 0.0962. The third-order valence-corrected chi connectivity index (χ3v) is 0.854. The van der Waals surface area contributed by atoms with Crippen LogP contribution in [0, 0.1) is 0 Å². The first-order valence-corrected chi connectivity index (χ1v) is 3.01. The van der Waals surface area contributed by atoms with Gasteiger partial charge < -0.3 is 4.74 Å². The Labute approximate surface area is 44.7 Å². The van der Waals surface area contributed by atoms with Gasteiger partial charge in [-0.3, -0.25) is 0 Å². The molecule has 42 valence electrons. The number of epoxide rings is 1. The number of hydrogen-bond donors (Lipinski definition) is 0. The summed E-state index contributed by atoms with van der Waals surface area (Å²) in [4.78, 5) is 0. The summed E-state index contributed by atoms with van der Waals surface area (Å²) in [5, 5.41) is 0. The smallest absolute Gasteiger partial charge is 0.0781 e. The Kier molecular flexibility index (Phi) is 1.69. The van der Waals surface area contributed by atoms with E-state index >= 15 is 0 Å². The average molecular weight is 100 g/mol. The average Bonchev–Trinajstić information content (AvgIpc) is 2.27. The maximum atomic E-state index is 4.71. The largest absolute Gasteiger partial charge is 0.373 e. The summed E-state index contributed by atoms with van der Waals surface area (Å²) in [7, 11) is 0. The molecular formula is C6H12O. The SMILES string of the molecule is C1CC1.CC1CO1. The summed E-state index contributed by atoms with van der Waals surface area (Å²) in [6, 6.07) is 0. The lowest BCUT2D eigenvalue weighted by Crippen LogP contribution is -1.60. The molecule has 0 radical (unpaired) electrons. The van der Waals surface area contributed by atoms with Crippen molar-refractivity contribution >= 4 is 0 Å². The summed E-state index contributed by atoms with van der Waals surface area (Å²) in [6.07, 6.45) is 5.08. The fourth-order valence-electron chi connectivity index (χ4n) is 0.0962. The van der Waals surface area contributed by atoms with Crippen LogP contribution in [0.1, 0.15) is 26.2 Å². The minimum absolute atomic E-state index is 0.583. The van der Waals surface area contributed by atoms with E-state index < -0.39 is 0 Å². The van der Waals surface area contributed by atoms with E-state index in [4.69, 9.17) is 4.74 Å². The first kappa shape index (κ1) is 5.10. The molecule has 1 aliphatic heterocycles. The predicted molar refractivity (Wildman–Crippen MR) is 29.3 cm³/mol. The Balaban J connectivity index is 0.0000000729. The molecule has 1 nitrogen and oxygen atoms in total. The van der Waals surface area contributed by atoms with Crippen molar-refractivity contribution in [2.24, 2.45) is 0 Å². The highest BCUT2D eigenvalue weighted by molar-refractivity contribution is 4.58. The topological polar surface area (TPSA) is 12.5 Å². The Morgan fingerprint density at radius 3 is 1.57 bits per heavy atom. The van der Waals surface area contributed by atoms with E-state index in [1.54, 1.807) is 0 Å². The van der Waals surface area contributed by atoms with Gasteiger partial charge in [-0.05, 0) is 6.92 Å². The van der Waals surface area contributed by atoms with Gasteiger partial charge in [0, 0.05) is 0 Å². The van der Waals surface area contributed by atoms with E-state index in [0.717, 1.165) is 6.61 Å². The van der Waals surface area contributed by atoms with Gasteiger partial charge in [0.25, 0.3) is 0 Å². The van der Waals surface area contributed by atoms with Gasteiger partial charge in [-0.2, -0.15) is 0 Å². The van der Waals surface area contributed by atoms with Crippen molar-refractivity contribution in [3.8, 4) is 0 Å². The van der Waals surface area contributed by atoms with Gasteiger partial charge in [0.15, 0.2) is 0 Å². The summed E-state index contributed by atoms with van der Waals surface area (Å²) in [5.74, 6) is 0. The van der Waals surface area contributed by atoms with Gasteiger partial charge in [0.2, 0.25) is 0 Å². The van der Waals surface area contributed by atoms with Crippen LogP contribution in [0.3, 0.4) is 0 Å². The van der Waals surface area contributed by atoms with E-state index in [1.807, 2.05) is 0 Å². The summed E-state index contributed by atoms with van der Waals surface area (Å²) < 4.78 is 4.71. The molecule has 1 unspecified atom stereocenters. The molecule has 2 fully saturated rings. The molecule has 1 saturated heterocycles. The van der Waals surface area contributed by atoms with E-state index in [9.17, 15) is 0 Å². The van der Waals surface area contributed by atoms with Crippen LogP contribution in [-0.4, -0.2) is 12.7 Å². The highest BCUT2D eigenvalue weighted by atomic mass is 16.6. The van der Waals surface area contributed by atoms with Crippen LogP contribution in [0.4, 0.5) is 0 Å². The minimum atomic E-state index is 0.583. The molecule has 0 spiro atoms. The second-order valence-electron chi connectivity index (χ2n) is 2.20.